The van der Waals surface area contributed by atoms with Crippen LogP contribution in [0.4, 0.5) is 17.1 Å². The molecule has 1 aliphatic heterocycles. The van der Waals surface area contributed by atoms with Gasteiger partial charge in [0.05, 0.1) is 26.6 Å². The molecule has 0 bridgehead atoms. The molecule has 0 radical (unpaired) electrons. The lowest BCUT2D eigenvalue weighted by atomic mass is 9.92. The third kappa shape index (κ3) is 4.69. The molecule has 0 saturated carbocycles. The Balaban J connectivity index is 2.03. The molecule has 1 heterocycles. The van der Waals surface area contributed by atoms with Crippen LogP contribution in [0.5, 0.6) is 5.75 Å². The van der Waals surface area contributed by atoms with Gasteiger partial charge < -0.3 is 9.64 Å². The van der Waals surface area contributed by atoms with E-state index >= 15 is 0 Å². The second kappa shape index (κ2) is 8.42. The second-order valence-electron chi connectivity index (χ2n) is 8.98. The van der Waals surface area contributed by atoms with Crippen LogP contribution in [0.2, 0.25) is 0 Å². The fourth-order valence-corrected chi connectivity index (χ4v) is 4.77. The van der Waals surface area contributed by atoms with Crippen LogP contribution in [0, 0.1) is 28.4 Å². The molecule has 1 N–H and O–H groups in total. The van der Waals surface area contributed by atoms with Crippen LogP contribution in [-0.4, -0.2) is 32.4 Å². The summed E-state index contributed by atoms with van der Waals surface area (Å²) in [5, 5.41) is 11.1. The molecule has 2 aromatic rings. The van der Waals surface area contributed by atoms with Crippen molar-refractivity contribution in [3.05, 3.63) is 52.1 Å². The van der Waals surface area contributed by atoms with Crippen LogP contribution >= 0.6 is 0 Å². The number of anilines is 2. The summed E-state index contributed by atoms with van der Waals surface area (Å²) in [7, 11) is -4.11. The van der Waals surface area contributed by atoms with Gasteiger partial charge in [0.1, 0.15) is 12.4 Å². The largest absolute Gasteiger partial charge is 0.490 e. The number of nitrogens with zero attached hydrogens (tertiary/aromatic N) is 2. The molecule has 0 unspecified atom stereocenters. The zero-order valence-corrected chi connectivity index (χ0v) is 19.5. The minimum Gasteiger partial charge on any atom is -0.490 e. The van der Waals surface area contributed by atoms with E-state index in [1.165, 1.54) is 12.1 Å². The highest BCUT2D eigenvalue weighted by molar-refractivity contribution is 7.92. The van der Waals surface area contributed by atoms with Gasteiger partial charge in [0.25, 0.3) is 15.7 Å². The van der Waals surface area contributed by atoms with Gasteiger partial charge in [0.15, 0.2) is 0 Å². The summed E-state index contributed by atoms with van der Waals surface area (Å²) in [5.41, 5.74) is 0.0137. The number of fused-ring (bicyclic) bond motifs is 1. The quantitative estimate of drug-likeness (QED) is 0.511. The predicted octanol–water partition coefficient (Wildman–Crippen LogP) is 4.11. The molecule has 0 fully saturated rings. The number of ether oxygens (including phenoxy) is 1. The first-order chi connectivity index (χ1) is 14.8. The number of nitrogens with one attached hydrogen (secondary N) is 1. The molecule has 1 amide bonds. The number of sulfonamides is 1. The number of non-ortho nitro benzene ring substituents is 1. The number of carbonyl (C=O) groups is 1. The molecule has 172 valence electrons. The molecule has 0 atom stereocenters. The molecule has 9 nitrogen and oxygen atoms in total. The molecule has 0 aliphatic carbocycles. The molecule has 3 rings (SSSR count). The minimum atomic E-state index is -4.11. The molecule has 2 aromatic carbocycles. The Bertz CT molecular complexity index is 1170. The summed E-state index contributed by atoms with van der Waals surface area (Å²) in [6, 6.07) is 8.39. The molecule has 1 aliphatic rings. The maximum absolute atomic E-state index is 13.2. The topological polar surface area (TPSA) is 119 Å². The lowest BCUT2D eigenvalue weighted by molar-refractivity contribution is -0.385. The molecule has 32 heavy (non-hydrogen) atoms. The average Bonchev–Trinajstić information content (AvgIpc) is 2.78. The maximum Gasteiger partial charge on any atom is 0.270 e. The van der Waals surface area contributed by atoms with Gasteiger partial charge in [-0.3, -0.25) is 19.6 Å². The van der Waals surface area contributed by atoms with Gasteiger partial charge in [-0.25, -0.2) is 8.42 Å². The van der Waals surface area contributed by atoms with Crippen molar-refractivity contribution in [2.45, 2.75) is 39.5 Å². The number of aryl methyl sites for hydroxylation is 1. The van der Waals surface area contributed by atoms with Gasteiger partial charge in [0.2, 0.25) is 5.91 Å². The van der Waals surface area contributed by atoms with Gasteiger partial charge in [-0.15, -0.1) is 0 Å². The Morgan fingerprint density at radius 1 is 1.22 bits per heavy atom. The number of rotatable bonds is 6. The van der Waals surface area contributed by atoms with Crippen LogP contribution < -0.4 is 14.4 Å². The Morgan fingerprint density at radius 3 is 2.53 bits per heavy atom. The summed E-state index contributed by atoms with van der Waals surface area (Å²) in [5.74, 6) is 0.548. The molecular formula is C22H27N3O6S. The number of hydrogen-bond donors (Lipinski definition) is 1. The number of nitro groups is 1. The zero-order chi connectivity index (χ0) is 23.8. The molecule has 10 heteroatoms. The normalized spacial score (nSPS) is 15.7. The van der Waals surface area contributed by atoms with Crippen LogP contribution in [-0.2, 0) is 14.8 Å². The highest BCUT2D eigenvalue weighted by Crippen LogP contribution is 2.39. The average molecular weight is 462 g/mol. The molecule has 0 spiro atoms. The van der Waals surface area contributed by atoms with E-state index < -0.39 is 20.4 Å². The van der Waals surface area contributed by atoms with Gasteiger partial charge >= 0.3 is 0 Å². The number of carbonyl (C=O) groups excluding carboxylic acids is 1. The lowest BCUT2D eigenvalue weighted by Gasteiger charge is -2.29. The Labute approximate surface area is 187 Å². The van der Waals surface area contributed by atoms with Gasteiger partial charge in [-0.05, 0) is 50.5 Å². The van der Waals surface area contributed by atoms with Crippen LogP contribution in [0.3, 0.4) is 0 Å². The monoisotopic (exact) mass is 461 g/mol. The highest BCUT2D eigenvalue weighted by atomic mass is 32.2. The van der Waals surface area contributed by atoms with Crippen molar-refractivity contribution in [2.24, 2.45) is 11.3 Å². The zero-order valence-electron chi connectivity index (χ0n) is 18.7. The molecule has 0 saturated heterocycles. The number of nitro benzene ring substituents is 1. The highest BCUT2D eigenvalue weighted by Gasteiger charge is 2.38. The Morgan fingerprint density at radius 2 is 1.91 bits per heavy atom. The van der Waals surface area contributed by atoms with Crippen molar-refractivity contribution in [3.63, 3.8) is 0 Å². The van der Waals surface area contributed by atoms with E-state index in [2.05, 4.69) is 4.72 Å². The Hall–Kier alpha value is -3.14. The standard InChI is InChI=1S/C22H27N3O6S/c1-14(2)12-24-18-10-16(7-9-19(18)31-13-22(4,5)21(24)26)23-32(29,30)20-11-17(25(27)28)8-6-15(20)3/h6-11,14,23H,12-13H2,1-5H3. The van der Waals surface area contributed by atoms with E-state index in [-0.39, 0.29) is 34.7 Å². The maximum atomic E-state index is 13.2. The summed E-state index contributed by atoms with van der Waals surface area (Å²) >= 11 is 0. The summed E-state index contributed by atoms with van der Waals surface area (Å²) < 4.78 is 34.4. The lowest BCUT2D eigenvalue weighted by Crippen LogP contribution is -2.43. The third-order valence-corrected chi connectivity index (χ3v) is 6.66. The van der Waals surface area contributed by atoms with Crippen molar-refractivity contribution in [1.82, 2.24) is 0 Å². The molecular weight excluding hydrogens is 434 g/mol. The number of hydrogen-bond acceptors (Lipinski definition) is 6. The van der Waals surface area contributed by atoms with Crippen LogP contribution in [0.1, 0.15) is 33.3 Å². The van der Waals surface area contributed by atoms with Crippen molar-refractivity contribution in [3.8, 4) is 5.75 Å². The fraction of sp³-hybridized carbons (Fsp3) is 0.409. The van der Waals surface area contributed by atoms with Gasteiger partial charge in [0, 0.05) is 18.7 Å². The van der Waals surface area contributed by atoms with E-state index in [1.807, 2.05) is 27.7 Å². The van der Waals surface area contributed by atoms with Gasteiger partial charge in [-0.1, -0.05) is 19.9 Å². The second-order valence-corrected chi connectivity index (χ2v) is 10.6. The van der Waals surface area contributed by atoms with E-state index in [1.54, 1.807) is 30.0 Å². The van der Waals surface area contributed by atoms with Crippen molar-refractivity contribution in [2.75, 3.05) is 22.8 Å². The van der Waals surface area contributed by atoms with Crippen LogP contribution in [0.25, 0.3) is 0 Å². The van der Waals surface area contributed by atoms with Gasteiger partial charge in [-0.2, -0.15) is 0 Å². The first kappa shape index (κ1) is 23.5. The summed E-state index contributed by atoms with van der Waals surface area (Å²) in [6.07, 6.45) is 0. The summed E-state index contributed by atoms with van der Waals surface area (Å²) in [6.45, 7) is 9.80. The van der Waals surface area contributed by atoms with E-state index in [0.29, 0.717) is 23.5 Å². The predicted molar refractivity (Wildman–Crippen MR) is 122 cm³/mol. The van der Waals surface area contributed by atoms with Crippen LogP contribution in [0.15, 0.2) is 41.3 Å². The fourth-order valence-electron chi connectivity index (χ4n) is 3.46. The van der Waals surface area contributed by atoms with E-state index in [0.717, 1.165) is 6.07 Å². The number of benzene rings is 2. The van der Waals surface area contributed by atoms with E-state index in [9.17, 15) is 23.3 Å². The van der Waals surface area contributed by atoms with Crippen molar-refractivity contribution < 1.29 is 22.9 Å². The first-order valence-electron chi connectivity index (χ1n) is 10.2. The SMILES string of the molecule is Cc1ccc([N+](=O)[O-])cc1S(=O)(=O)Nc1ccc2c(c1)N(CC(C)C)C(=O)C(C)(C)CO2. The third-order valence-electron chi connectivity index (χ3n) is 5.13. The van der Waals surface area contributed by atoms with E-state index in [4.69, 9.17) is 4.74 Å². The van der Waals surface area contributed by atoms with Crippen molar-refractivity contribution in [1.29, 1.82) is 0 Å². The minimum absolute atomic E-state index is 0.112. The first-order valence-corrected chi connectivity index (χ1v) is 11.7. The Kier molecular flexibility index (Phi) is 6.19. The molecule has 0 aromatic heterocycles. The smallest absolute Gasteiger partial charge is 0.270 e. The van der Waals surface area contributed by atoms with Crippen molar-refractivity contribution >= 4 is 33.0 Å². The summed E-state index contributed by atoms with van der Waals surface area (Å²) in [4.78, 5) is 25.1. The number of amides is 1.